The van der Waals surface area contributed by atoms with Crippen molar-refractivity contribution < 1.29 is 22.4 Å². The summed E-state index contributed by atoms with van der Waals surface area (Å²) in [5.41, 5.74) is 1.36. The molecule has 0 aromatic carbocycles. The first kappa shape index (κ1) is 19.7. The molecule has 1 aliphatic carbocycles. The van der Waals surface area contributed by atoms with Crippen LogP contribution >= 0.6 is 11.3 Å². The van der Waals surface area contributed by atoms with Gasteiger partial charge >= 0.3 is 6.18 Å². The summed E-state index contributed by atoms with van der Waals surface area (Å²) >= 11 is 1.34. The van der Waals surface area contributed by atoms with Gasteiger partial charge in [-0.25, -0.2) is 4.68 Å². The molecule has 2 N–H and O–H groups in total. The van der Waals surface area contributed by atoms with Crippen LogP contribution in [0.1, 0.15) is 57.0 Å². The molecule has 0 spiro atoms. The number of carbonyl (C=O) groups excluding carboxylic acids is 1. The van der Waals surface area contributed by atoms with Crippen LogP contribution in [0.25, 0.3) is 0 Å². The van der Waals surface area contributed by atoms with Crippen molar-refractivity contribution in [3.05, 3.63) is 51.9 Å². The fourth-order valence-corrected chi connectivity index (χ4v) is 5.42. The number of nitriles is 1. The largest absolute Gasteiger partial charge is 0.467 e. The second-order valence-corrected chi connectivity index (χ2v) is 8.59. The third kappa shape index (κ3) is 3.27. The highest BCUT2D eigenvalue weighted by molar-refractivity contribution is 7.16. The quantitative estimate of drug-likeness (QED) is 0.601. The predicted octanol–water partition coefficient (Wildman–Crippen LogP) is 4.81. The Balaban J connectivity index is 1.49. The Morgan fingerprint density at radius 2 is 2.26 bits per heavy atom. The summed E-state index contributed by atoms with van der Waals surface area (Å²) in [4.78, 5) is 14.0. The molecule has 0 unspecified atom stereocenters. The van der Waals surface area contributed by atoms with E-state index in [1.165, 1.54) is 17.6 Å². The van der Waals surface area contributed by atoms with Crippen molar-refractivity contribution in [1.29, 1.82) is 5.26 Å². The van der Waals surface area contributed by atoms with Crippen molar-refractivity contribution in [2.24, 2.45) is 0 Å². The summed E-state index contributed by atoms with van der Waals surface area (Å²) in [5, 5.41) is 19.5. The van der Waals surface area contributed by atoms with E-state index in [-0.39, 0.29) is 17.8 Å². The molecule has 0 saturated heterocycles. The highest BCUT2D eigenvalue weighted by Crippen LogP contribution is 2.45. The van der Waals surface area contributed by atoms with E-state index in [0.717, 1.165) is 40.6 Å². The molecular formula is C20H16F3N5O2S. The van der Waals surface area contributed by atoms with E-state index >= 15 is 0 Å². The topological polar surface area (TPSA) is 95.9 Å². The SMILES string of the molecule is N#Cc1c(NC(=O)c2cnn3c2N[C@H](c2ccco2)C[C@@H]3C(F)(F)F)sc2c1CCC2. The smallest absolute Gasteiger partial charge is 0.410 e. The van der Waals surface area contributed by atoms with Crippen molar-refractivity contribution >= 4 is 28.1 Å². The second-order valence-electron chi connectivity index (χ2n) is 7.48. The van der Waals surface area contributed by atoms with Gasteiger partial charge in [-0.2, -0.15) is 23.5 Å². The zero-order chi connectivity index (χ0) is 21.8. The molecule has 0 radical (unpaired) electrons. The lowest BCUT2D eigenvalue weighted by atomic mass is 10.0. The van der Waals surface area contributed by atoms with Gasteiger partial charge in [0, 0.05) is 11.3 Å². The van der Waals surface area contributed by atoms with E-state index in [2.05, 4.69) is 21.8 Å². The van der Waals surface area contributed by atoms with Gasteiger partial charge in [0.25, 0.3) is 5.91 Å². The number of anilines is 2. The summed E-state index contributed by atoms with van der Waals surface area (Å²) in [6, 6.07) is 2.65. The predicted molar refractivity (Wildman–Crippen MR) is 106 cm³/mol. The number of rotatable bonds is 3. The van der Waals surface area contributed by atoms with E-state index in [9.17, 15) is 23.2 Å². The first-order valence-corrected chi connectivity index (χ1v) is 10.5. The first-order valence-electron chi connectivity index (χ1n) is 9.67. The Morgan fingerprint density at radius 1 is 1.42 bits per heavy atom. The van der Waals surface area contributed by atoms with E-state index in [4.69, 9.17) is 4.42 Å². The number of fused-ring (bicyclic) bond motifs is 2. The Morgan fingerprint density at radius 3 is 2.97 bits per heavy atom. The lowest BCUT2D eigenvalue weighted by Crippen LogP contribution is -2.36. The minimum Gasteiger partial charge on any atom is -0.467 e. The minimum absolute atomic E-state index is 0.0250. The van der Waals surface area contributed by atoms with E-state index < -0.39 is 24.2 Å². The van der Waals surface area contributed by atoms with Gasteiger partial charge in [0.05, 0.1) is 24.1 Å². The third-order valence-electron chi connectivity index (χ3n) is 5.63. The number of amides is 1. The lowest BCUT2D eigenvalue weighted by Gasteiger charge is -2.32. The van der Waals surface area contributed by atoms with Crippen LogP contribution in [0.4, 0.5) is 24.0 Å². The first-order chi connectivity index (χ1) is 14.9. The molecule has 2 atom stereocenters. The fraction of sp³-hybridized carbons (Fsp3) is 0.350. The molecule has 0 fully saturated rings. The molecule has 5 rings (SSSR count). The number of aryl methyl sites for hydroxylation is 1. The lowest BCUT2D eigenvalue weighted by molar-refractivity contribution is -0.174. The van der Waals surface area contributed by atoms with Crippen molar-refractivity contribution in [2.75, 3.05) is 10.6 Å². The van der Waals surface area contributed by atoms with Gasteiger partial charge < -0.3 is 15.1 Å². The summed E-state index contributed by atoms with van der Waals surface area (Å²) in [6.07, 6.45) is 0.249. The fourth-order valence-electron chi connectivity index (χ4n) is 4.19. The summed E-state index contributed by atoms with van der Waals surface area (Å²) in [6.45, 7) is 0. The van der Waals surface area contributed by atoms with Gasteiger partial charge in [-0.05, 0) is 37.0 Å². The number of thiophene rings is 1. The maximum atomic E-state index is 13.7. The normalized spacial score (nSPS) is 19.9. The van der Waals surface area contributed by atoms with Crippen LogP contribution in [0.5, 0.6) is 0 Å². The van der Waals surface area contributed by atoms with Gasteiger partial charge in [-0.15, -0.1) is 11.3 Å². The number of alkyl halides is 3. The summed E-state index contributed by atoms with van der Waals surface area (Å²) in [5.74, 6) is -0.309. The van der Waals surface area contributed by atoms with Gasteiger partial charge in [0.1, 0.15) is 28.2 Å². The Labute approximate surface area is 178 Å². The Hall–Kier alpha value is -3.26. The molecule has 1 aliphatic heterocycles. The van der Waals surface area contributed by atoms with Crippen molar-refractivity contribution in [1.82, 2.24) is 9.78 Å². The third-order valence-corrected chi connectivity index (χ3v) is 6.84. The van der Waals surface area contributed by atoms with Gasteiger partial charge in [0.2, 0.25) is 0 Å². The molecule has 11 heteroatoms. The number of nitrogens with zero attached hydrogens (tertiary/aromatic N) is 3. The zero-order valence-electron chi connectivity index (χ0n) is 16.0. The average molecular weight is 447 g/mol. The van der Waals surface area contributed by atoms with Crippen LogP contribution in [0.3, 0.4) is 0 Å². The van der Waals surface area contributed by atoms with Crippen LogP contribution in [-0.2, 0) is 12.8 Å². The van der Waals surface area contributed by atoms with Gasteiger partial charge in [-0.1, -0.05) is 0 Å². The number of hydrogen-bond acceptors (Lipinski definition) is 6. The number of nitrogens with one attached hydrogen (secondary N) is 2. The molecule has 0 saturated carbocycles. The number of furan rings is 1. The minimum atomic E-state index is -4.55. The zero-order valence-corrected chi connectivity index (χ0v) is 16.8. The highest BCUT2D eigenvalue weighted by atomic mass is 32.1. The second kappa shape index (κ2) is 7.16. The molecule has 31 heavy (non-hydrogen) atoms. The van der Waals surface area contributed by atoms with Crippen molar-refractivity contribution in [3.8, 4) is 6.07 Å². The van der Waals surface area contributed by atoms with Gasteiger partial charge in [0.15, 0.2) is 6.04 Å². The number of hydrogen-bond donors (Lipinski definition) is 2. The molecule has 2 aliphatic rings. The van der Waals surface area contributed by atoms with E-state index in [1.807, 2.05) is 0 Å². The standard InChI is InChI=1S/C20H16F3N5O2S/c21-20(22,23)16-7-13(14-4-2-6-30-14)26-17-12(9-25-28(16)17)18(29)27-19-11(8-24)10-3-1-5-15(10)31-19/h2,4,6,9,13,16,26H,1,3,5,7H2,(H,27,29)/t13-,16+/m0/s1. The molecule has 0 bridgehead atoms. The van der Waals surface area contributed by atoms with Gasteiger partial charge in [-0.3, -0.25) is 4.79 Å². The average Bonchev–Trinajstić information content (AvgIpc) is 3.49. The van der Waals surface area contributed by atoms with Crippen molar-refractivity contribution in [3.63, 3.8) is 0 Å². The monoisotopic (exact) mass is 447 g/mol. The van der Waals surface area contributed by atoms with Crippen LogP contribution in [0.15, 0.2) is 29.0 Å². The van der Waals surface area contributed by atoms with E-state index in [1.54, 1.807) is 12.1 Å². The van der Waals surface area contributed by atoms with E-state index in [0.29, 0.717) is 16.3 Å². The van der Waals surface area contributed by atoms with Crippen LogP contribution < -0.4 is 10.6 Å². The van der Waals surface area contributed by atoms with Crippen molar-refractivity contribution in [2.45, 2.75) is 43.9 Å². The van der Waals surface area contributed by atoms with Crippen LogP contribution in [-0.4, -0.2) is 21.9 Å². The molecule has 3 aromatic heterocycles. The maximum absolute atomic E-state index is 13.7. The highest BCUT2D eigenvalue weighted by Gasteiger charge is 2.47. The number of aromatic nitrogens is 2. The summed E-state index contributed by atoms with van der Waals surface area (Å²) < 4.78 is 47.3. The number of carbonyl (C=O) groups is 1. The summed E-state index contributed by atoms with van der Waals surface area (Å²) in [7, 11) is 0. The Bertz CT molecular complexity index is 1190. The molecule has 4 heterocycles. The molecule has 7 nitrogen and oxygen atoms in total. The van der Waals surface area contributed by atoms with Crippen LogP contribution in [0.2, 0.25) is 0 Å². The molecule has 1 amide bonds. The molecule has 160 valence electrons. The Kier molecular flexibility index (Phi) is 4.55. The maximum Gasteiger partial charge on any atom is 0.410 e. The molecular weight excluding hydrogens is 431 g/mol. The van der Waals surface area contributed by atoms with Crippen LogP contribution in [0, 0.1) is 11.3 Å². The molecule has 3 aromatic rings. The number of halogens is 3.